The molecule has 1 aliphatic rings. The lowest BCUT2D eigenvalue weighted by molar-refractivity contribution is -0.146. The van der Waals surface area contributed by atoms with Crippen LogP contribution in [0, 0.1) is 13.8 Å². The molecule has 1 aliphatic heterocycles. The summed E-state index contributed by atoms with van der Waals surface area (Å²) in [5.41, 5.74) is 1.55. The Balaban J connectivity index is 1.59. The molecule has 0 N–H and O–H groups in total. The van der Waals surface area contributed by atoms with Crippen molar-refractivity contribution in [2.75, 3.05) is 19.7 Å². The van der Waals surface area contributed by atoms with Crippen molar-refractivity contribution in [3.63, 3.8) is 0 Å². The molecule has 8 nitrogen and oxygen atoms in total. The van der Waals surface area contributed by atoms with E-state index in [0.717, 1.165) is 5.56 Å². The number of nitrogens with zero attached hydrogens (tertiary/aromatic N) is 1. The van der Waals surface area contributed by atoms with Gasteiger partial charge in [-0.15, -0.1) is 0 Å². The molecule has 0 saturated carbocycles. The van der Waals surface area contributed by atoms with E-state index in [9.17, 15) is 18.0 Å². The predicted octanol–water partition coefficient (Wildman–Crippen LogP) is 2.86. The number of carbonyl (C=O) groups excluding carboxylic acids is 2. The number of aryl methyl sites for hydroxylation is 2. The quantitative estimate of drug-likeness (QED) is 0.482. The van der Waals surface area contributed by atoms with E-state index < -0.39 is 16.1 Å². The molecule has 1 heterocycles. The van der Waals surface area contributed by atoms with Crippen molar-refractivity contribution in [3.05, 3.63) is 59.2 Å². The Morgan fingerprint density at radius 3 is 2.28 bits per heavy atom. The minimum absolute atomic E-state index is 0.0647. The molecular formula is C23H27NO7S. The van der Waals surface area contributed by atoms with Crippen LogP contribution in [0.15, 0.2) is 47.4 Å². The zero-order valence-corrected chi connectivity index (χ0v) is 19.3. The van der Waals surface area contributed by atoms with E-state index in [1.54, 1.807) is 30.9 Å². The molecule has 2 atom stereocenters. The highest BCUT2D eigenvalue weighted by Gasteiger charge is 2.26. The van der Waals surface area contributed by atoms with Crippen molar-refractivity contribution in [1.29, 1.82) is 0 Å². The number of rotatable bonds is 6. The highest BCUT2D eigenvalue weighted by atomic mass is 32.2. The first-order valence-electron chi connectivity index (χ1n) is 10.3. The van der Waals surface area contributed by atoms with E-state index >= 15 is 0 Å². The largest absolute Gasteiger partial charge is 0.452 e. The molecule has 0 aliphatic carbocycles. The van der Waals surface area contributed by atoms with Gasteiger partial charge in [0.05, 0.1) is 17.8 Å². The average molecular weight is 462 g/mol. The summed E-state index contributed by atoms with van der Waals surface area (Å²) in [4.78, 5) is 26.3. The molecule has 2 unspecified atom stereocenters. The van der Waals surface area contributed by atoms with Gasteiger partial charge in [-0.05, 0) is 69.2 Å². The smallest absolute Gasteiger partial charge is 0.339 e. The molecular weight excluding hydrogens is 434 g/mol. The minimum atomic E-state index is -4.02. The van der Waals surface area contributed by atoms with Gasteiger partial charge in [0.2, 0.25) is 0 Å². The molecule has 9 heteroatoms. The number of hydrogen-bond donors (Lipinski definition) is 0. The summed E-state index contributed by atoms with van der Waals surface area (Å²) >= 11 is 0. The van der Waals surface area contributed by atoms with Crippen molar-refractivity contribution in [2.45, 2.75) is 44.8 Å². The Hall–Kier alpha value is -2.91. The molecule has 172 valence electrons. The van der Waals surface area contributed by atoms with Crippen molar-refractivity contribution in [3.8, 4) is 5.75 Å². The molecule has 1 amide bonds. The molecule has 0 radical (unpaired) electrons. The maximum absolute atomic E-state index is 12.6. The van der Waals surface area contributed by atoms with Crippen LogP contribution in [-0.4, -0.2) is 57.1 Å². The van der Waals surface area contributed by atoms with Gasteiger partial charge in [0, 0.05) is 13.1 Å². The predicted molar refractivity (Wildman–Crippen MR) is 117 cm³/mol. The second-order valence-electron chi connectivity index (χ2n) is 7.96. The number of hydrogen-bond acceptors (Lipinski definition) is 7. The zero-order valence-electron chi connectivity index (χ0n) is 18.5. The summed E-state index contributed by atoms with van der Waals surface area (Å²) in [7, 11) is -4.02. The van der Waals surface area contributed by atoms with E-state index in [-0.39, 0.29) is 40.9 Å². The first-order valence-corrected chi connectivity index (χ1v) is 11.7. The molecule has 1 saturated heterocycles. The van der Waals surface area contributed by atoms with Gasteiger partial charge >= 0.3 is 16.1 Å². The summed E-state index contributed by atoms with van der Waals surface area (Å²) in [5.74, 6) is -0.911. The fourth-order valence-corrected chi connectivity index (χ4v) is 4.73. The van der Waals surface area contributed by atoms with Crippen LogP contribution >= 0.6 is 0 Å². The number of morpholine rings is 1. The van der Waals surface area contributed by atoms with E-state index in [2.05, 4.69) is 0 Å². The van der Waals surface area contributed by atoms with Crippen LogP contribution in [0.1, 0.15) is 35.3 Å². The Morgan fingerprint density at radius 2 is 1.66 bits per heavy atom. The van der Waals surface area contributed by atoms with Crippen LogP contribution in [0.4, 0.5) is 0 Å². The summed E-state index contributed by atoms with van der Waals surface area (Å²) in [6.45, 7) is 7.76. The zero-order chi connectivity index (χ0) is 23.5. The standard InChI is InChI=1S/C23H27NO7S/c1-15-5-6-16(2)21(11-15)32(27,28)31-20-9-7-19(8-10-20)23(26)29-14-22(25)24-12-17(3)30-18(4)13-24/h5-11,17-18H,12-14H2,1-4H3. The average Bonchev–Trinajstić information content (AvgIpc) is 2.73. The van der Waals surface area contributed by atoms with Crippen molar-refractivity contribution in [1.82, 2.24) is 4.90 Å². The lowest BCUT2D eigenvalue weighted by Crippen LogP contribution is -2.49. The Morgan fingerprint density at radius 1 is 1.03 bits per heavy atom. The molecule has 3 rings (SSSR count). The van der Waals surface area contributed by atoms with Crippen LogP contribution in [0.5, 0.6) is 5.75 Å². The molecule has 0 bridgehead atoms. The lowest BCUT2D eigenvalue weighted by Gasteiger charge is -2.35. The van der Waals surface area contributed by atoms with Crippen LogP contribution in [0.3, 0.4) is 0 Å². The maximum atomic E-state index is 12.6. The van der Waals surface area contributed by atoms with Crippen molar-refractivity contribution >= 4 is 22.0 Å². The summed E-state index contributed by atoms with van der Waals surface area (Å²) < 4.78 is 41.1. The van der Waals surface area contributed by atoms with Gasteiger partial charge in [0.25, 0.3) is 5.91 Å². The second-order valence-corrected chi connectivity index (χ2v) is 9.48. The second kappa shape index (κ2) is 9.70. The number of esters is 1. The first kappa shape index (κ1) is 23.7. The van der Waals surface area contributed by atoms with E-state index in [4.69, 9.17) is 13.7 Å². The fourth-order valence-electron chi connectivity index (χ4n) is 3.48. The van der Waals surface area contributed by atoms with E-state index in [1.807, 2.05) is 19.9 Å². The Kier molecular flexibility index (Phi) is 7.20. The minimum Gasteiger partial charge on any atom is -0.452 e. The third-order valence-electron chi connectivity index (χ3n) is 5.01. The lowest BCUT2D eigenvalue weighted by atomic mass is 10.2. The Bertz CT molecular complexity index is 1090. The molecule has 32 heavy (non-hydrogen) atoms. The van der Waals surface area contributed by atoms with Gasteiger partial charge in [-0.3, -0.25) is 4.79 Å². The molecule has 0 aromatic heterocycles. The van der Waals surface area contributed by atoms with Crippen molar-refractivity contribution in [2.24, 2.45) is 0 Å². The van der Waals surface area contributed by atoms with Gasteiger partial charge < -0.3 is 18.6 Å². The topological polar surface area (TPSA) is 99.2 Å². The van der Waals surface area contributed by atoms with Gasteiger partial charge in [-0.1, -0.05) is 12.1 Å². The summed E-state index contributed by atoms with van der Waals surface area (Å²) in [5, 5.41) is 0. The maximum Gasteiger partial charge on any atom is 0.339 e. The number of amides is 1. The van der Waals surface area contributed by atoms with Crippen LogP contribution in [-0.2, 0) is 24.4 Å². The number of carbonyl (C=O) groups is 2. The molecule has 2 aromatic rings. The number of ether oxygens (including phenoxy) is 2. The summed E-state index contributed by atoms with van der Waals surface area (Å²) in [6, 6.07) is 10.6. The molecule has 1 fully saturated rings. The number of benzene rings is 2. The molecule has 0 spiro atoms. The fraction of sp³-hybridized carbons (Fsp3) is 0.391. The van der Waals surface area contributed by atoms with Gasteiger partial charge in [0.15, 0.2) is 6.61 Å². The monoisotopic (exact) mass is 461 g/mol. The third kappa shape index (κ3) is 5.86. The van der Waals surface area contributed by atoms with Gasteiger partial charge in [-0.25, -0.2) is 4.79 Å². The van der Waals surface area contributed by atoms with E-state index in [1.165, 1.54) is 24.3 Å². The normalized spacial score (nSPS) is 18.8. The van der Waals surface area contributed by atoms with Crippen LogP contribution < -0.4 is 4.18 Å². The highest BCUT2D eigenvalue weighted by molar-refractivity contribution is 7.87. The van der Waals surface area contributed by atoms with Gasteiger partial charge in [0.1, 0.15) is 10.6 Å². The van der Waals surface area contributed by atoms with Crippen LogP contribution in [0.25, 0.3) is 0 Å². The highest BCUT2D eigenvalue weighted by Crippen LogP contribution is 2.23. The van der Waals surface area contributed by atoms with E-state index in [0.29, 0.717) is 18.7 Å². The van der Waals surface area contributed by atoms with Crippen LogP contribution in [0.2, 0.25) is 0 Å². The summed E-state index contributed by atoms with van der Waals surface area (Å²) in [6.07, 6.45) is -0.156. The Labute approximate surface area is 188 Å². The van der Waals surface area contributed by atoms with Gasteiger partial charge in [-0.2, -0.15) is 8.42 Å². The first-order chi connectivity index (χ1) is 15.0. The SMILES string of the molecule is Cc1ccc(C)c(S(=O)(=O)Oc2ccc(C(=O)OCC(=O)N3CC(C)OC(C)C3)cc2)c1. The third-order valence-corrected chi connectivity index (χ3v) is 6.40. The molecule has 2 aromatic carbocycles. The van der Waals surface area contributed by atoms with Crippen molar-refractivity contribution < 1.29 is 31.7 Å².